The maximum Gasteiger partial charge on any atom is 0.255 e. The van der Waals surface area contributed by atoms with Gasteiger partial charge in [0.05, 0.1) is 5.56 Å². The molecule has 2 aromatic rings. The van der Waals surface area contributed by atoms with E-state index in [4.69, 9.17) is 0 Å². The van der Waals surface area contributed by atoms with Crippen molar-refractivity contribution >= 4 is 16.9 Å². The first-order valence-corrected chi connectivity index (χ1v) is 8.36. The van der Waals surface area contributed by atoms with E-state index in [0.29, 0.717) is 23.2 Å². The number of amides is 1. The third kappa shape index (κ3) is 2.19. The number of pyridine rings is 1. The quantitative estimate of drug-likeness (QED) is 0.880. The van der Waals surface area contributed by atoms with E-state index < -0.39 is 0 Å². The number of hydrogen-bond acceptors (Lipinski definition) is 3. The molecule has 22 heavy (non-hydrogen) atoms. The van der Waals surface area contributed by atoms with Crippen LogP contribution in [0.2, 0.25) is 0 Å². The normalized spacial score (nSPS) is 25.2. The summed E-state index contributed by atoms with van der Waals surface area (Å²) in [5, 5.41) is 8.01. The van der Waals surface area contributed by atoms with E-state index in [1.54, 1.807) is 6.20 Å². The number of piperidine rings is 1. The Morgan fingerprint density at radius 3 is 3.00 bits per heavy atom. The molecule has 5 heteroatoms. The monoisotopic (exact) mass is 298 g/mol. The van der Waals surface area contributed by atoms with Crippen molar-refractivity contribution < 1.29 is 4.79 Å². The van der Waals surface area contributed by atoms with Crippen LogP contribution >= 0.6 is 0 Å². The summed E-state index contributed by atoms with van der Waals surface area (Å²) in [4.78, 5) is 19.4. The van der Waals surface area contributed by atoms with Gasteiger partial charge in [0.2, 0.25) is 0 Å². The van der Waals surface area contributed by atoms with Crippen LogP contribution in [0.4, 0.5) is 0 Å². The Bertz CT molecular complexity index is 706. The van der Waals surface area contributed by atoms with Crippen molar-refractivity contribution in [2.45, 2.75) is 51.5 Å². The van der Waals surface area contributed by atoms with Gasteiger partial charge >= 0.3 is 0 Å². The predicted molar refractivity (Wildman–Crippen MR) is 84.6 cm³/mol. The van der Waals surface area contributed by atoms with Crippen molar-refractivity contribution in [2.75, 3.05) is 6.54 Å². The van der Waals surface area contributed by atoms with Crippen molar-refractivity contribution in [3.63, 3.8) is 0 Å². The molecule has 4 rings (SSSR count). The zero-order chi connectivity index (χ0) is 15.1. The van der Waals surface area contributed by atoms with E-state index in [9.17, 15) is 4.79 Å². The summed E-state index contributed by atoms with van der Waals surface area (Å²) in [6.07, 6.45) is 9.12. The fourth-order valence-corrected chi connectivity index (χ4v) is 4.18. The van der Waals surface area contributed by atoms with Crippen molar-refractivity contribution in [3.05, 3.63) is 23.5 Å². The fourth-order valence-electron chi connectivity index (χ4n) is 4.18. The Morgan fingerprint density at radius 2 is 2.09 bits per heavy atom. The molecule has 1 amide bonds. The van der Waals surface area contributed by atoms with Gasteiger partial charge in [-0.05, 0) is 44.6 Å². The fraction of sp³-hybridized carbons (Fsp3) is 0.588. The molecule has 2 fully saturated rings. The van der Waals surface area contributed by atoms with Gasteiger partial charge in [-0.25, -0.2) is 4.98 Å². The van der Waals surface area contributed by atoms with Crippen LogP contribution in [0.25, 0.3) is 11.0 Å². The largest absolute Gasteiger partial charge is 0.335 e. The Balaban J connectivity index is 1.65. The topological polar surface area (TPSA) is 61.9 Å². The summed E-state index contributed by atoms with van der Waals surface area (Å²) >= 11 is 0. The number of aromatic amines is 1. The summed E-state index contributed by atoms with van der Waals surface area (Å²) in [6, 6.07) is 2.38. The molecule has 0 radical (unpaired) electrons. The molecule has 1 aliphatic heterocycles. The maximum atomic E-state index is 13.0. The molecule has 2 atom stereocenters. The highest BCUT2D eigenvalue weighted by Crippen LogP contribution is 2.36. The lowest BCUT2D eigenvalue weighted by atomic mass is 9.78. The first-order valence-electron chi connectivity index (χ1n) is 8.36. The van der Waals surface area contributed by atoms with Crippen LogP contribution in [0.5, 0.6) is 0 Å². The van der Waals surface area contributed by atoms with Crippen molar-refractivity contribution in [1.82, 2.24) is 20.1 Å². The summed E-state index contributed by atoms with van der Waals surface area (Å²) in [6.45, 7) is 2.85. The lowest BCUT2D eigenvalue weighted by Crippen LogP contribution is -2.49. The second-order valence-corrected chi connectivity index (χ2v) is 6.70. The summed E-state index contributed by atoms with van der Waals surface area (Å²) in [7, 11) is 0. The van der Waals surface area contributed by atoms with Gasteiger partial charge in [-0.3, -0.25) is 9.89 Å². The van der Waals surface area contributed by atoms with Crippen molar-refractivity contribution in [2.24, 2.45) is 5.92 Å². The average Bonchev–Trinajstić information content (AvgIpc) is 2.94. The molecule has 0 aromatic carbocycles. The molecule has 1 N–H and O–H groups in total. The number of carbonyl (C=O) groups is 1. The number of H-pyrrole nitrogens is 1. The lowest BCUT2D eigenvalue weighted by Gasteiger charge is -2.44. The molecule has 1 aliphatic carbocycles. The van der Waals surface area contributed by atoms with Crippen LogP contribution in [0.3, 0.4) is 0 Å². The number of likely N-dealkylation sites (tertiary alicyclic amines) is 1. The van der Waals surface area contributed by atoms with E-state index in [2.05, 4.69) is 20.1 Å². The number of rotatable bonds is 1. The minimum atomic E-state index is 0.145. The van der Waals surface area contributed by atoms with Crippen molar-refractivity contribution in [1.29, 1.82) is 0 Å². The number of aromatic nitrogens is 3. The molecule has 3 heterocycles. The minimum absolute atomic E-state index is 0.145. The summed E-state index contributed by atoms with van der Waals surface area (Å²) < 4.78 is 0. The van der Waals surface area contributed by atoms with Gasteiger partial charge < -0.3 is 4.90 Å². The van der Waals surface area contributed by atoms with Gasteiger partial charge in [-0.1, -0.05) is 12.8 Å². The second-order valence-electron chi connectivity index (χ2n) is 6.70. The summed E-state index contributed by atoms with van der Waals surface area (Å²) in [5.74, 6) is 0.852. The van der Waals surface area contributed by atoms with Crippen LogP contribution in [-0.4, -0.2) is 38.6 Å². The molecule has 2 aromatic heterocycles. The SMILES string of the molecule is Cc1[nH]nc2ncc(C(=O)N3CCCC4CCCCC43)cc12. The van der Waals surface area contributed by atoms with Gasteiger partial charge in [0, 0.05) is 29.9 Å². The molecule has 1 saturated carbocycles. The highest BCUT2D eigenvalue weighted by Gasteiger charge is 2.36. The second kappa shape index (κ2) is 5.38. The maximum absolute atomic E-state index is 13.0. The number of nitrogens with one attached hydrogen (secondary N) is 1. The molecule has 0 bridgehead atoms. The Hall–Kier alpha value is -1.91. The standard InChI is InChI=1S/C17H22N4O/c1-11-14-9-13(10-18-16(14)20-19-11)17(22)21-8-4-6-12-5-2-3-7-15(12)21/h9-10,12,15H,2-8H2,1H3,(H,18,19,20). The van der Waals surface area contributed by atoms with Crippen LogP contribution in [0.15, 0.2) is 12.3 Å². The number of aryl methyl sites for hydroxylation is 1. The Labute approximate surface area is 130 Å². The van der Waals surface area contributed by atoms with E-state index >= 15 is 0 Å². The third-order valence-corrected chi connectivity index (χ3v) is 5.35. The summed E-state index contributed by atoms with van der Waals surface area (Å²) in [5.41, 5.74) is 2.35. The van der Waals surface area contributed by atoms with Gasteiger partial charge in [-0.15, -0.1) is 0 Å². The molecular weight excluding hydrogens is 276 g/mol. The van der Waals surface area contributed by atoms with E-state index in [1.807, 2.05) is 13.0 Å². The third-order valence-electron chi connectivity index (χ3n) is 5.35. The van der Waals surface area contributed by atoms with Gasteiger partial charge in [0.25, 0.3) is 5.91 Å². The van der Waals surface area contributed by atoms with Crippen molar-refractivity contribution in [3.8, 4) is 0 Å². The molecule has 116 valence electrons. The number of carbonyl (C=O) groups excluding carboxylic acids is 1. The smallest absolute Gasteiger partial charge is 0.255 e. The van der Waals surface area contributed by atoms with Crippen LogP contribution < -0.4 is 0 Å². The van der Waals surface area contributed by atoms with Crippen LogP contribution in [-0.2, 0) is 0 Å². The minimum Gasteiger partial charge on any atom is -0.335 e. The number of nitrogens with zero attached hydrogens (tertiary/aromatic N) is 3. The van der Waals surface area contributed by atoms with Gasteiger partial charge in [0.1, 0.15) is 0 Å². The van der Waals surface area contributed by atoms with E-state index in [0.717, 1.165) is 30.5 Å². The Kier molecular flexibility index (Phi) is 3.36. The zero-order valence-electron chi connectivity index (χ0n) is 13.0. The van der Waals surface area contributed by atoms with Crippen LogP contribution in [0, 0.1) is 12.8 Å². The lowest BCUT2D eigenvalue weighted by molar-refractivity contribution is 0.0390. The average molecular weight is 298 g/mol. The molecule has 5 nitrogen and oxygen atoms in total. The number of fused-ring (bicyclic) bond motifs is 2. The number of hydrogen-bond donors (Lipinski definition) is 1. The van der Waals surface area contributed by atoms with E-state index in [1.165, 1.54) is 25.7 Å². The van der Waals surface area contributed by atoms with Gasteiger partial charge in [0.15, 0.2) is 5.65 Å². The highest BCUT2D eigenvalue weighted by atomic mass is 16.2. The Morgan fingerprint density at radius 1 is 1.27 bits per heavy atom. The highest BCUT2D eigenvalue weighted by molar-refractivity contribution is 5.97. The molecule has 0 spiro atoms. The molecule has 1 saturated heterocycles. The molecular formula is C17H22N4O. The molecule has 2 aliphatic rings. The van der Waals surface area contributed by atoms with Gasteiger partial charge in [-0.2, -0.15) is 5.10 Å². The predicted octanol–water partition coefficient (Wildman–Crippen LogP) is 3.06. The zero-order valence-corrected chi connectivity index (χ0v) is 13.0. The first kappa shape index (κ1) is 13.7. The van der Waals surface area contributed by atoms with Crippen LogP contribution in [0.1, 0.15) is 54.6 Å². The van der Waals surface area contributed by atoms with E-state index in [-0.39, 0.29) is 5.91 Å². The first-order chi connectivity index (χ1) is 10.7. The molecule has 2 unspecified atom stereocenters.